The Morgan fingerprint density at radius 3 is 2.83 bits per heavy atom. The molecule has 5 nitrogen and oxygen atoms in total. The van der Waals surface area contributed by atoms with Crippen molar-refractivity contribution >= 4 is 23.4 Å². The Hall–Kier alpha value is -1.17. The van der Waals surface area contributed by atoms with Gasteiger partial charge in [-0.25, -0.2) is 0 Å². The molecule has 2 heterocycles. The van der Waals surface area contributed by atoms with Crippen LogP contribution in [0.3, 0.4) is 0 Å². The highest BCUT2D eigenvalue weighted by atomic mass is 32.2. The van der Waals surface area contributed by atoms with E-state index in [2.05, 4.69) is 10.4 Å². The van der Waals surface area contributed by atoms with Gasteiger partial charge in [-0.15, -0.1) is 0 Å². The van der Waals surface area contributed by atoms with Gasteiger partial charge in [0.2, 0.25) is 0 Å². The largest absolute Gasteiger partial charge is 0.395 e. The van der Waals surface area contributed by atoms with Gasteiger partial charge in [0.25, 0.3) is 5.91 Å². The van der Waals surface area contributed by atoms with Gasteiger partial charge in [-0.1, -0.05) is 0 Å². The third-order valence-corrected chi connectivity index (χ3v) is 4.29. The van der Waals surface area contributed by atoms with E-state index >= 15 is 0 Å². The molecule has 3 N–H and O–H groups in total. The number of hydrogen-bond acceptors (Lipinski definition) is 4. The molecule has 0 aliphatic carbocycles. The van der Waals surface area contributed by atoms with E-state index in [0.717, 1.165) is 30.0 Å². The Bertz CT molecular complexity index is 438. The Labute approximate surface area is 111 Å². The summed E-state index contributed by atoms with van der Waals surface area (Å²) in [6.45, 7) is 4.44. The highest BCUT2D eigenvalue weighted by molar-refractivity contribution is 7.99. The lowest BCUT2D eigenvalue weighted by molar-refractivity contribution is 0.0925. The van der Waals surface area contributed by atoms with Gasteiger partial charge in [-0.05, 0) is 38.2 Å². The molecule has 0 unspecified atom stereocenters. The van der Waals surface area contributed by atoms with Crippen molar-refractivity contribution in [1.29, 1.82) is 0 Å². The molecule has 2 rings (SSSR count). The summed E-state index contributed by atoms with van der Waals surface area (Å²) < 4.78 is 1.68. The lowest BCUT2D eigenvalue weighted by atomic mass is 10.1. The molecule has 1 saturated heterocycles. The van der Waals surface area contributed by atoms with Crippen LogP contribution in [0.25, 0.3) is 0 Å². The molecule has 100 valence electrons. The van der Waals surface area contributed by atoms with Crippen LogP contribution in [-0.4, -0.2) is 33.2 Å². The van der Waals surface area contributed by atoms with E-state index in [1.165, 1.54) is 0 Å². The van der Waals surface area contributed by atoms with E-state index in [-0.39, 0.29) is 11.9 Å². The summed E-state index contributed by atoms with van der Waals surface area (Å²) in [4.78, 5) is 12.3. The number of anilines is 1. The Morgan fingerprint density at radius 2 is 2.22 bits per heavy atom. The standard InChI is InChI=1S/C12H20N4OS/c1-3-16-11(10(13)8(2)15-16)12(17)14-9-4-6-18-7-5-9/h9H,3-7,13H2,1-2H3,(H,14,17). The van der Waals surface area contributed by atoms with Crippen molar-refractivity contribution in [2.45, 2.75) is 39.3 Å². The van der Waals surface area contributed by atoms with Crippen LogP contribution >= 0.6 is 11.8 Å². The Kier molecular flexibility index (Phi) is 4.16. The van der Waals surface area contributed by atoms with Crippen LogP contribution < -0.4 is 11.1 Å². The van der Waals surface area contributed by atoms with Crippen LogP contribution in [0.5, 0.6) is 0 Å². The van der Waals surface area contributed by atoms with Crippen LogP contribution in [-0.2, 0) is 6.54 Å². The van der Waals surface area contributed by atoms with E-state index in [1.807, 2.05) is 25.6 Å². The number of aromatic nitrogens is 2. The van der Waals surface area contributed by atoms with E-state index in [1.54, 1.807) is 4.68 Å². The molecule has 1 aliphatic heterocycles. The van der Waals surface area contributed by atoms with Gasteiger partial charge in [0.15, 0.2) is 0 Å². The maximum Gasteiger partial charge on any atom is 0.271 e. The molecule has 1 aromatic heterocycles. The van der Waals surface area contributed by atoms with Crippen LogP contribution in [0.2, 0.25) is 0 Å². The molecule has 0 radical (unpaired) electrons. The van der Waals surface area contributed by atoms with Crippen LogP contribution in [0, 0.1) is 6.92 Å². The van der Waals surface area contributed by atoms with Gasteiger partial charge in [-0.2, -0.15) is 16.9 Å². The summed E-state index contributed by atoms with van der Waals surface area (Å²) in [5, 5.41) is 7.34. The number of nitrogens with two attached hydrogens (primary N) is 1. The maximum atomic E-state index is 12.3. The van der Waals surface area contributed by atoms with E-state index in [9.17, 15) is 4.79 Å². The van der Waals surface area contributed by atoms with Crippen molar-refractivity contribution in [3.63, 3.8) is 0 Å². The fraction of sp³-hybridized carbons (Fsp3) is 0.667. The maximum absolute atomic E-state index is 12.3. The number of nitrogens with one attached hydrogen (secondary N) is 1. The second kappa shape index (κ2) is 5.65. The lowest BCUT2D eigenvalue weighted by Crippen LogP contribution is -2.38. The van der Waals surface area contributed by atoms with Gasteiger partial charge in [0.05, 0.1) is 11.4 Å². The van der Waals surface area contributed by atoms with Crippen molar-refractivity contribution < 1.29 is 4.79 Å². The third-order valence-electron chi connectivity index (χ3n) is 3.24. The van der Waals surface area contributed by atoms with Crippen molar-refractivity contribution in [2.75, 3.05) is 17.2 Å². The number of hydrogen-bond donors (Lipinski definition) is 2. The number of thioether (sulfide) groups is 1. The highest BCUT2D eigenvalue weighted by Crippen LogP contribution is 2.20. The lowest BCUT2D eigenvalue weighted by Gasteiger charge is -2.22. The number of nitrogens with zero attached hydrogens (tertiary/aromatic N) is 2. The number of carbonyl (C=O) groups is 1. The van der Waals surface area contributed by atoms with Crippen molar-refractivity contribution in [2.24, 2.45) is 0 Å². The second-order valence-electron chi connectivity index (χ2n) is 4.52. The average molecular weight is 268 g/mol. The molecule has 0 spiro atoms. The number of rotatable bonds is 3. The van der Waals surface area contributed by atoms with Crippen LogP contribution in [0.1, 0.15) is 35.9 Å². The molecule has 1 aromatic rings. The minimum Gasteiger partial charge on any atom is -0.395 e. The molecule has 1 amide bonds. The molecule has 1 aliphatic rings. The molecule has 1 fully saturated rings. The first-order chi connectivity index (χ1) is 8.63. The molecule has 0 bridgehead atoms. The van der Waals surface area contributed by atoms with Crippen molar-refractivity contribution in [3.8, 4) is 0 Å². The number of amides is 1. The van der Waals surface area contributed by atoms with E-state index in [4.69, 9.17) is 5.73 Å². The Morgan fingerprint density at radius 1 is 1.56 bits per heavy atom. The molecule has 0 saturated carbocycles. The summed E-state index contributed by atoms with van der Waals surface area (Å²) in [6.07, 6.45) is 2.07. The number of carbonyl (C=O) groups excluding carboxylic acids is 1. The quantitative estimate of drug-likeness (QED) is 0.869. The average Bonchev–Trinajstić information content (AvgIpc) is 2.66. The van der Waals surface area contributed by atoms with Crippen molar-refractivity contribution in [3.05, 3.63) is 11.4 Å². The topological polar surface area (TPSA) is 72.9 Å². The van der Waals surface area contributed by atoms with Crippen molar-refractivity contribution in [1.82, 2.24) is 15.1 Å². The molecule has 6 heteroatoms. The molecule has 0 atom stereocenters. The van der Waals surface area contributed by atoms with Crippen LogP contribution in [0.4, 0.5) is 5.69 Å². The normalized spacial score (nSPS) is 16.8. The van der Waals surface area contributed by atoms with Gasteiger partial charge < -0.3 is 11.1 Å². The first-order valence-corrected chi connectivity index (χ1v) is 7.50. The minimum atomic E-state index is -0.0909. The van der Waals surface area contributed by atoms with E-state index in [0.29, 0.717) is 17.9 Å². The van der Waals surface area contributed by atoms with E-state index < -0.39 is 0 Å². The van der Waals surface area contributed by atoms with Gasteiger partial charge in [-0.3, -0.25) is 9.48 Å². The zero-order valence-electron chi connectivity index (χ0n) is 10.9. The predicted octanol–water partition coefficient (Wildman–Crippen LogP) is 1.42. The second-order valence-corrected chi connectivity index (χ2v) is 5.75. The first kappa shape index (κ1) is 13.3. The highest BCUT2D eigenvalue weighted by Gasteiger charge is 2.22. The summed E-state index contributed by atoms with van der Waals surface area (Å²) in [5.41, 5.74) is 7.67. The summed E-state index contributed by atoms with van der Waals surface area (Å²) >= 11 is 1.94. The number of nitrogen functional groups attached to an aromatic ring is 1. The summed E-state index contributed by atoms with van der Waals surface area (Å²) in [7, 11) is 0. The minimum absolute atomic E-state index is 0.0909. The predicted molar refractivity (Wildman–Crippen MR) is 74.9 cm³/mol. The third kappa shape index (κ3) is 2.63. The fourth-order valence-electron chi connectivity index (χ4n) is 2.16. The zero-order valence-corrected chi connectivity index (χ0v) is 11.7. The SMILES string of the molecule is CCn1nc(C)c(N)c1C(=O)NC1CCSCC1. The number of aryl methyl sites for hydroxylation is 2. The first-order valence-electron chi connectivity index (χ1n) is 6.35. The molecule has 0 aromatic carbocycles. The monoisotopic (exact) mass is 268 g/mol. The smallest absolute Gasteiger partial charge is 0.271 e. The van der Waals surface area contributed by atoms with Crippen LogP contribution in [0.15, 0.2) is 0 Å². The fourth-order valence-corrected chi connectivity index (χ4v) is 3.27. The molecular weight excluding hydrogens is 248 g/mol. The van der Waals surface area contributed by atoms with Gasteiger partial charge >= 0.3 is 0 Å². The van der Waals surface area contributed by atoms with Gasteiger partial charge in [0.1, 0.15) is 5.69 Å². The summed E-state index contributed by atoms with van der Waals surface area (Å²) in [5.74, 6) is 2.14. The molecule has 18 heavy (non-hydrogen) atoms. The summed E-state index contributed by atoms with van der Waals surface area (Å²) in [6, 6.07) is 0.277. The Balaban J connectivity index is 2.12. The molecular formula is C12H20N4OS. The van der Waals surface area contributed by atoms with Gasteiger partial charge in [0, 0.05) is 12.6 Å². The zero-order chi connectivity index (χ0) is 13.1.